The summed E-state index contributed by atoms with van der Waals surface area (Å²) in [7, 11) is 0. The zero-order valence-corrected chi connectivity index (χ0v) is 11.2. The van der Waals surface area contributed by atoms with Crippen molar-refractivity contribution in [2.24, 2.45) is 0 Å². The van der Waals surface area contributed by atoms with Crippen molar-refractivity contribution in [2.75, 3.05) is 5.88 Å². The van der Waals surface area contributed by atoms with Gasteiger partial charge in [-0.1, -0.05) is 30.3 Å². The van der Waals surface area contributed by atoms with Crippen molar-refractivity contribution in [3.05, 3.63) is 54.2 Å². The fourth-order valence-corrected chi connectivity index (χ4v) is 2.10. The number of alkyl halides is 1. The molecule has 2 N–H and O–H groups in total. The molecule has 1 aromatic carbocycles. The molecule has 19 heavy (non-hydrogen) atoms. The van der Waals surface area contributed by atoms with Crippen LogP contribution in [0, 0.1) is 0 Å². The van der Waals surface area contributed by atoms with Gasteiger partial charge in [-0.25, -0.2) is 0 Å². The molecule has 2 atom stereocenters. The van der Waals surface area contributed by atoms with Gasteiger partial charge in [-0.15, -0.1) is 11.6 Å². The van der Waals surface area contributed by atoms with Gasteiger partial charge in [-0.3, -0.25) is 4.98 Å². The highest BCUT2D eigenvalue weighted by Gasteiger charge is 2.17. The van der Waals surface area contributed by atoms with Crippen molar-refractivity contribution >= 4 is 11.6 Å². The molecule has 1 aromatic heterocycles. The van der Waals surface area contributed by atoms with Gasteiger partial charge in [0.25, 0.3) is 0 Å². The summed E-state index contributed by atoms with van der Waals surface area (Å²) in [6.07, 6.45) is 0.363. The second kappa shape index (κ2) is 6.66. The second-order valence-electron chi connectivity index (χ2n) is 4.33. The average molecular weight is 278 g/mol. The van der Waals surface area contributed by atoms with E-state index < -0.39 is 12.2 Å². The van der Waals surface area contributed by atoms with E-state index >= 15 is 0 Å². The lowest BCUT2D eigenvalue weighted by Crippen LogP contribution is -2.18. The smallest absolute Gasteiger partial charge is 0.105 e. The number of aromatic nitrogens is 1. The van der Waals surface area contributed by atoms with Crippen LogP contribution >= 0.6 is 11.6 Å². The fourth-order valence-electron chi connectivity index (χ4n) is 1.88. The summed E-state index contributed by atoms with van der Waals surface area (Å²) in [5.41, 5.74) is 2.53. The Hall–Kier alpha value is -1.42. The first-order chi connectivity index (χ1) is 9.22. The van der Waals surface area contributed by atoms with Crippen molar-refractivity contribution < 1.29 is 10.2 Å². The highest BCUT2D eigenvalue weighted by molar-refractivity contribution is 6.17. The van der Waals surface area contributed by atoms with Gasteiger partial charge < -0.3 is 10.2 Å². The van der Waals surface area contributed by atoms with Crippen molar-refractivity contribution in [1.82, 2.24) is 4.98 Å². The molecule has 0 aliphatic carbocycles. The molecule has 0 saturated carbocycles. The molecule has 0 aliphatic rings. The average Bonchev–Trinajstić information content (AvgIpc) is 2.48. The van der Waals surface area contributed by atoms with E-state index in [1.807, 2.05) is 30.3 Å². The van der Waals surface area contributed by atoms with E-state index in [0.29, 0.717) is 17.9 Å². The first kappa shape index (κ1) is 14.0. The Kier molecular flexibility index (Phi) is 4.91. The lowest BCUT2D eigenvalue weighted by atomic mass is 10.0. The maximum absolute atomic E-state index is 9.96. The molecule has 0 amide bonds. The maximum atomic E-state index is 9.96. The van der Waals surface area contributed by atoms with Crippen LogP contribution in [-0.2, 0) is 0 Å². The number of halogens is 1. The number of benzene rings is 1. The molecule has 0 bridgehead atoms. The number of nitrogens with zero attached hydrogens (tertiary/aromatic N) is 1. The molecule has 2 aromatic rings. The van der Waals surface area contributed by atoms with E-state index in [0.717, 1.165) is 11.3 Å². The van der Waals surface area contributed by atoms with E-state index in [9.17, 15) is 10.2 Å². The normalized spacial score (nSPS) is 14.1. The quantitative estimate of drug-likeness (QED) is 0.827. The van der Waals surface area contributed by atoms with Gasteiger partial charge >= 0.3 is 0 Å². The minimum Gasteiger partial charge on any atom is -0.390 e. The summed E-state index contributed by atoms with van der Waals surface area (Å²) in [6.45, 7) is 0. The van der Waals surface area contributed by atoms with Gasteiger partial charge in [0.1, 0.15) is 6.10 Å². The van der Waals surface area contributed by atoms with E-state index in [-0.39, 0.29) is 0 Å². The van der Waals surface area contributed by atoms with Crippen molar-refractivity contribution in [3.63, 3.8) is 0 Å². The van der Waals surface area contributed by atoms with Crippen molar-refractivity contribution in [3.8, 4) is 11.3 Å². The summed E-state index contributed by atoms with van der Waals surface area (Å²) in [5, 5.41) is 19.7. The third-order valence-electron chi connectivity index (χ3n) is 2.98. The summed E-state index contributed by atoms with van der Waals surface area (Å²) in [5.74, 6) is 0.324. The highest BCUT2D eigenvalue weighted by Crippen LogP contribution is 2.23. The third kappa shape index (κ3) is 3.53. The molecule has 100 valence electrons. The van der Waals surface area contributed by atoms with E-state index in [1.165, 1.54) is 0 Å². The summed E-state index contributed by atoms with van der Waals surface area (Å²) in [4.78, 5) is 4.26. The Morgan fingerprint density at radius 3 is 2.37 bits per heavy atom. The van der Waals surface area contributed by atoms with Crippen LogP contribution in [0.15, 0.2) is 48.7 Å². The number of hydrogen-bond donors (Lipinski definition) is 2. The molecule has 4 heteroatoms. The number of hydrogen-bond acceptors (Lipinski definition) is 3. The topological polar surface area (TPSA) is 53.4 Å². The van der Waals surface area contributed by atoms with Crippen LogP contribution in [0.4, 0.5) is 0 Å². The minimum atomic E-state index is -0.906. The van der Waals surface area contributed by atoms with Crippen LogP contribution in [0.1, 0.15) is 18.1 Å². The number of aliphatic hydroxyl groups excluding tert-OH is 2. The lowest BCUT2D eigenvalue weighted by Gasteiger charge is -2.17. The lowest BCUT2D eigenvalue weighted by molar-refractivity contribution is 0.0170. The fraction of sp³-hybridized carbons (Fsp3) is 0.267. The number of rotatable bonds is 5. The Morgan fingerprint density at radius 2 is 1.79 bits per heavy atom. The zero-order valence-electron chi connectivity index (χ0n) is 10.4. The Morgan fingerprint density at radius 1 is 1.05 bits per heavy atom. The van der Waals surface area contributed by atoms with E-state index in [4.69, 9.17) is 11.6 Å². The molecule has 2 unspecified atom stereocenters. The molecule has 3 nitrogen and oxygen atoms in total. The Bertz CT molecular complexity index is 501. The summed E-state index contributed by atoms with van der Waals surface area (Å²) in [6, 6.07) is 13.1. The molecular weight excluding hydrogens is 262 g/mol. The van der Waals surface area contributed by atoms with Crippen molar-refractivity contribution in [2.45, 2.75) is 18.6 Å². The Balaban J connectivity index is 2.15. The predicted molar refractivity (Wildman–Crippen MR) is 76.0 cm³/mol. The summed E-state index contributed by atoms with van der Waals surface area (Å²) >= 11 is 5.55. The van der Waals surface area contributed by atoms with Gasteiger partial charge in [-0.2, -0.15) is 0 Å². The molecular formula is C15H16ClNO2. The Labute approximate surface area is 117 Å². The zero-order chi connectivity index (χ0) is 13.7. The van der Waals surface area contributed by atoms with Crippen molar-refractivity contribution in [1.29, 1.82) is 0 Å². The first-order valence-electron chi connectivity index (χ1n) is 6.16. The van der Waals surface area contributed by atoms with Gasteiger partial charge in [0.15, 0.2) is 0 Å². The van der Waals surface area contributed by atoms with Crippen LogP contribution in [0.2, 0.25) is 0 Å². The molecule has 0 fully saturated rings. The highest BCUT2D eigenvalue weighted by atomic mass is 35.5. The van der Waals surface area contributed by atoms with Crippen LogP contribution in [-0.4, -0.2) is 27.2 Å². The largest absolute Gasteiger partial charge is 0.390 e. The van der Waals surface area contributed by atoms with Crippen LogP contribution in [0.5, 0.6) is 0 Å². The third-order valence-corrected chi connectivity index (χ3v) is 3.20. The molecule has 1 heterocycles. The van der Waals surface area contributed by atoms with Gasteiger partial charge in [-0.05, 0) is 24.1 Å². The molecule has 0 saturated heterocycles. The van der Waals surface area contributed by atoms with Gasteiger partial charge in [0, 0.05) is 17.6 Å². The molecule has 2 rings (SSSR count). The summed E-state index contributed by atoms with van der Waals surface area (Å²) < 4.78 is 0. The second-order valence-corrected chi connectivity index (χ2v) is 4.70. The van der Waals surface area contributed by atoms with Gasteiger partial charge in [0.2, 0.25) is 0 Å². The van der Waals surface area contributed by atoms with Crippen LogP contribution < -0.4 is 0 Å². The van der Waals surface area contributed by atoms with Gasteiger partial charge in [0.05, 0.1) is 11.8 Å². The van der Waals surface area contributed by atoms with Crippen LogP contribution in [0.3, 0.4) is 0 Å². The molecule has 0 spiro atoms. The van der Waals surface area contributed by atoms with E-state index in [1.54, 1.807) is 18.3 Å². The predicted octanol–water partition coefficient (Wildman–Crippen LogP) is 2.77. The first-order valence-corrected chi connectivity index (χ1v) is 6.69. The molecule has 0 radical (unpaired) electrons. The molecule has 0 aliphatic heterocycles. The maximum Gasteiger partial charge on any atom is 0.105 e. The van der Waals surface area contributed by atoms with Crippen LogP contribution in [0.25, 0.3) is 11.3 Å². The number of pyridine rings is 1. The SMILES string of the molecule is OC(CCCl)C(O)c1ccc(-c2ccccn2)cc1. The monoisotopic (exact) mass is 277 g/mol. The minimum absolute atomic E-state index is 0.324. The standard InChI is InChI=1S/C15H16ClNO2/c16-9-8-14(18)15(19)12-6-4-11(5-7-12)13-3-1-2-10-17-13/h1-7,10,14-15,18-19H,8-9H2. The van der Waals surface area contributed by atoms with E-state index in [2.05, 4.69) is 4.98 Å². The number of aliphatic hydroxyl groups is 2.